The lowest BCUT2D eigenvalue weighted by atomic mass is 10.0. The Hall–Kier alpha value is -3.43. The third kappa shape index (κ3) is 5.19. The number of ether oxygens (including phenoxy) is 1. The number of nitrogens with zero attached hydrogens (tertiary/aromatic N) is 5. The van der Waals surface area contributed by atoms with E-state index >= 15 is 0 Å². The van der Waals surface area contributed by atoms with E-state index in [0.29, 0.717) is 40.7 Å². The van der Waals surface area contributed by atoms with Crippen LogP contribution in [0.25, 0.3) is 11.1 Å². The van der Waals surface area contributed by atoms with Gasteiger partial charge in [0.25, 0.3) is 5.91 Å². The van der Waals surface area contributed by atoms with E-state index in [9.17, 15) is 9.18 Å². The number of piperidine rings is 1. The van der Waals surface area contributed by atoms with Crippen LogP contribution in [0.4, 0.5) is 4.39 Å². The Morgan fingerprint density at radius 2 is 1.95 bits per heavy atom. The second-order valence-corrected chi connectivity index (χ2v) is 9.74. The van der Waals surface area contributed by atoms with Crippen LogP contribution >= 0.6 is 23.2 Å². The summed E-state index contributed by atoms with van der Waals surface area (Å²) in [5.41, 5.74) is 2.59. The van der Waals surface area contributed by atoms with Gasteiger partial charge < -0.3 is 14.2 Å². The summed E-state index contributed by atoms with van der Waals surface area (Å²) < 4.78 is 26.9. The van der Waals surface area contributed by atoms with Crippen LogP contribution in [-0.2, 0) is 0 Å². The second kappa shape index (κ2) is 10.5. The van der Waals surface area contributed by atoms with Crippen LogP contribution < -0.4 is 4.74 Å². The van der Waals surface area contributed by atoms with Gasteiger partial charge in [0, 0.05) is 47.2 Å². The fourth-order valence-corrected chi connectivity index (χ4v) is 5.19. The van der Waals surface area contributed by atoms with Crippen molar-refractivity contribution in [2.24, 2.45) is 0 Å². The Labute approximate surface area is 222 Å². The maximum absolute atomic E-state index is 13.9. The first-order valence-corrected chi connectivity index (χ1v) is 12.6. The summed E-state index contributed by atoms with van der Waals surface area (Å²) in [4.78, 5) is 18.8. The predicted molar refractivity (Wildman–Crippen MR) is 136 cm³/mol. The molecule has 8 nitrogen and oxygen atoms in total. The molecule has 1 atom stereocenters. The zero-order chi connectivity index (χ0) is 26.1. The Balaban J connectivity index is 1.25. The number of aryl methyl sites for hydroxylation is 1. The second-order valence-electron chi connectivity index (χ2n) is 8.95. The molecule has 1 unspecified atom stereocenters. The maximum atomic E-state index is 13.9. The number of carbonyl (C=O) groups excluding carboxylic acids is 1. The molecule has 1 fully saturated rings. The van der Waals surface area contributed by atoms with Crippen LogP contribution in [0, 0.1) is 12.7 Å². The normalized spacial score (nSPS) is 15.1. The molecule has 0 saturated carbocycles. The first kappa shape index (κ1) is 25.2. The molecule has 37 heavy (non-hydrogen) atoms. The first-order valence-electron chi connectivity index (χ1n) is 11.8. The Kier molecular flexibility index (Phi) is 7.17. The van der Waals surface area contributed by atoms with Gasteiger partial charge >= 0.3 is 0 Å². The Morgan fingerprint density at radius 3 is 2.68 bits per heavy atom. The first-order chi connectivity index (χ1) is 17.8. The fourth-order valence-electron chi connectivity index (χ4n) is 4.51. The molecule has 4 heterocycles. The smallest absolute Gasteiger partial charge is 0.259 e. The van der Waals surface area contributed by atoms with Gasteiger partial charge in [-0.2, -0.15) is 5.10 Å². The topological polar surface area (TPSA) is 86.3 Å². The highest BCUT2D eigenvalue weighted by atomic mass is 35.5. The number of hydrogen-bond acceptors (Lipinski definition) is 6. The van der Waals surface area contributed by atoms with Crippen LogP contribution in [0.2, 0.25) is 10.0 Å². The third-order valence-electron chi connectivity index (χ3n) is 6.55. The van der Waals surface area contributed by atoms with Crippen LogP contribution in [0.3, 0.4) is 0 Å². The molecule has 192 valence electrons. The molecule has 5 rings (SSSR count). The molecule has 1 saturated heterocycles. The lowest BCUT2D eigenvalue weighted by Crippen LogP contribution is -2.39. The van der Waals surface area contributed by atoms with Crippen molar-refractivity contribution in [3.63, 3.8) is 0 Å². The van der Waals surface area contributed by atoms with Crippen LogP contribution in [0.5, 0.6) is 5.75 Å². The molecule has 1 aliphatic heterocycles. The third-order valence-corrected chi connectivity index (χ3v) is 7.27. The largest absolute Gasteiger partial charge is 0.484 e. The minimum atomic E-state index is -0.593. The highest BCUT2D eigenvalue weighted by Crippen LogP contribution is 2.35. The number of halogens is 3. The van der Waals surface area contributed by atoms with Gasteiger partial charge in [0.1, 0.15) is 29.0 Å². The Bertz CT molecular complexity index is 1430. The number of carbonyl (C=O) groups is 1. The molecule has 4 aromatic rings. The van der Waals surface area contributed by atoms with E-state index in [-0.39, 0.29) is 17.0 Å². The quantitative estimate of drug-likeness (QED) is 0.265. The summed E-state index contributed by atoms with van der Waals surface area (Å²) >= 11 is 12.4. The number of rotatable bonds is 6. The minimum Gasteiger partial charge on any atom is -0.484 e. The van der Waals surface area contributed by atoms with Crippen LogP contribution in [0.1, 0.15) is 53.6 Å². The van der Waals surface area contributed by atoms with Gasteiger partial charge in [-0.15, -0.1) is 0 Å². The summed E-state index contributed by atoms with van der Waals surface area (Å²) in [7, 11) is 0. The van der Waals surface area contributed by atoms with E-state index in [2.05, 4.69) is 15.2 Å². The summed E-state index contributed by atoms with van der Waals surface area (Å²) in [5.74, 6) is 0.404. The average molecular weight is 544 g/mol. The number of pyridine rings is 1. The van der Waals surface area contributed by atoms with Crippen molar-refractivity contribution in [2.75, 3.05) is 13.1 Å². The number of benzene rings is 1. The van der Waals surface area contributed by atoms with Crippen molar-refractivity contribution in [1.29, 1.82) is 0 Å². The summed E-state index contributed by atoms with van der Waals surface area (Å²) in [6, 6.07) is 4.69. The van der Waals surface area contributed by atoms with Crippen LogP contribution in [-0.4, -0.2) is 43.8 Å². The van der Waals surface area contributed by atoms with Crippen molar-refractivity contribution >= 4 is 29.1 Å². The maximum Gasteiger partial charge on any atom is 0.259 e. The van der Waals surface area contributed by atoms with Crippen molar-refractivity contribution in [2.45, 2.75) is 38.8 Å². The molecule has 11 heteroatoms. The minimum absolute atomic E-state index is 0.0590. The predicted octanol–water partition coefficient (Wildman–Crippen LogP) is 6.30. The van der Waals surface area contributed by atoms with Crippen molar-refractivity contribution in [1.82, 2.24) is 24.8 Å². The highest BCUT2D eigenvalue weighted by molar-refractivity contribution is 6.36. The van der Waals surface area contributed by atoms with Crippen molar-refractivity contribution < 1.29 is 18.4 Å². The average Bonchev–Trinajstić information content (AvgIpc) is 3.56. The fraction of sp³-hybridized carbons (Fsp3) is 0.308. The molecule has 3 aromatic heterocycles. The van der Waals surface area contributed by atoms with E-state index in [1.165, 1.54) is 18.3 Å². The van der Waals surface area contributed by atoms with Gasteiger partial charge in [-0.25, -0.2) is 4.39 Å². The number of aromatic nitrogens is 4. The molecule has 0 spiro atoms. The molecule has 1 aromatic carbocycles. The molecule has 1 aliphatic rings. The highest BCUT2D eigenvalue weighted by Gasteiger charge is 2.27. The zero-order valence-corrected chi connectivity index (χ0v) is 21.7. The van der Waals surface area contributed by atoms with E-state index in [0.717, 1.165) is 24.0 Å². The van der Waals surface area contributed by atoms with Crippen molar-refractivity contribution in [3.8, 4) is 16.9 Å². The van der Waals surface area contributed by atoms with Gasteiger partial charge in [-0.05, 0) is 44.9 Å². The SMILES string of the molecule is Cc1oncc1C(=O)N1CCC(n2cc(-c3cncc(OC(C)c4c(Cl)ccc(F)c4Cl)c3)cn2)CC1. The van der Waals surface area contributed by atoms with Gasteiger partial charge in [-0.3, -0.25) is 14.5 Å². The summed E-state index contributed by atoms with van der Waals surface area (Å²) in [6.45, 7) is 4.73. The lowest BCUT2D eigenvalue weighted by Gasteiger charge is -2.31. The molecule has 0 radical (unpaired) electrons. The van der Waals surface area contributed by atoms with Gasteiger partial charge in [0.2, 0.25) is 0 Å². The van der Waals surface area contributed by atoms with E-state index in [1.807, 2.05) is 21.8 Å². The van der Waals surface area contributed by atoms with Gasteiger partial charge in [0.05, 0.1) is 29.7 Å². The van der Waals surface area contributed by atoms with E-state index < -0.39 is 11.9 Å². The molecule has 0 N–H and O–H groups in total. The molecule has 0 bridgehead atoms. The monoisotopic (exact) mass is 543 g/mol. The van der Waals surface area contributed by atoms with E-state index in [4.69, 9.17) is 32.5 Å². The molecule has 1 amide bonds. The summed E-state index contributed by atoms with van der Waals surface area (Å²) in [6.07, 6.45) is 9.50. The van der Waals surface area contributed by atoms with E-state index in [1.54, 1.807) is 32.4 Å². The number of amides is 1. The number of likely N-dealkylation sites (tertiary alicyclic amines) is 1. The van der Waals surface area contributed by atoms with Crippen LogP contribution in [0.15, 0.2) is 53.7 Å². The van der Waals surface area contributed by atoms with Gasteiger partial charge in [0.15, 0.2) is 0 Å². The molecular weight excluding hydrogens is 520 g/mol. The summed E-state index contributed by atoms with van der Waals surface area (Å²) in [5, 5.41) is 8.53. The van der Waals surface area contributed by atoms with Gasteiger partial charge in [-0.1, -0.05) is 28.4 Å². The molecule has 0 aliphatic carbocycles. The number of hydrogen-bond donors (Lipinski definition) is 0. The zero-order valence-electron chi connectivity index (χ0n) is 20.2. The Morgan fingerprint density at radius 1 is 1.16 bits per heavy atom. The lowest BCUT2D eigenvalue weighted by molar-refractivity contribution is 0.0688. The molecular formula is C26H24Cl2FN5O3. The standard InChI is InChI=1S/C26H24Cl2FN5O3/c1-15-21(13-32-37-15)26(35)33-7-5-19(6-8-33)34-14-18(11-31-34)17-9-20(12-30-10-17)36-16(2)24-22(27)3-4-23(29)25(24)28/h3-4,9-14,16,19H,5-8H2,1-2H3. The van der Waals surface area contributed by atoms with Crippen molar-refractivity contribution in [3.05, 3.63) is 81.9 Å².